The molecule has 0 spiro atoms. The molecule has 0 unspecified atom stereocenters. The van der Waals surface area contributed by atoms with E-state index in [1.807, 2.05) is 0 Å². The fourth-order valence-corrected chi connectivity index (χ4v) is 2.41. The van der Waals surface area contributed by atoms with Crippen molar-refractivity contribution in [3.05, 3.63) is 39.1 Å². The van der Waals surface area contributed by atoms with Crippen molar-refractivity contribution in [2.45, 2.75) is 19.6 Å². The van der Waals surface area contributed by atoms with Crippen molar-refractivity contribution < 1.29 is 13.2 Å². The number of aromatic nitrogens is 2. The standard InChI is InChI=1S/C12H8Cl3F3N2/c1-2-3-4-20-7-5-6(13)8(14)9(15)10(7)19-11(20)12(16,17)18/h2-3,5H,4H2,1H3. The molecule has 0 atom stereocenters. The molecule has 8 heteroatoms. The third-order valence-corrected chi connectivity index (χ3v) is 3.91. The summed E-state index contributed by atoms with van der Waals surface area (Å²) in [5.74, 6) is -1.04. The van der Waals surface area contributed by atoms with Crippen molar-refractivity contribution >= 4 is 45.8 Å². The number of fused-ring (bicyclic) bond motifs is 1. The number of hydrogen-bond acceptors (Lipinski definition) is 1. The Bertz CT molecular complexity index is 690. The summed E-state index contributed by atoms with van der Waals surface area (Å²) in [5, 5.41) is -0.0105. The summed E-state index contributed by atoms with van der Waals surface area (Å²) in [6.45, 7) is 1.72. The Labute approximate surface area is 127 Å². The molecule has 0 amide bonds. The molecule has 1 aromatic heterocycles. The zero-order valence-corrected chi connectivity index (χ0v) is 12.4. The van der Waals surface area contributed by atoms with E-state index >= 15 is 0 Å². The smallest absolute Gasteiger partial charge is 0.316 e. The van der Waals surface area contributed by atoms with E-state index in [4.69, 9.17) is 34.8 Å². The van der Waals surface area contributed by atoms with Crippen molar-refractivity contribution in [3.63, 3.8) is 0 Å². The third-order valence-electron chi connectivity index (χ3n) is 2.66. The second kappa shape index (κ2) is 5.47. The number of rotatable bonds is 2. The third kappa shape index (κ3) is 2.62. The maximum Gasteiger partial charge on any atom is 0.449 e. The summed E-state index contributed by atoms with van der Waals surface area (Å²) in [7, 11) is 0. The van der Waals surface area contributed by atoms with Gasteiger partial charge in [0.15, 0.2) is 0 Å². The van der Waals surface area contributed by atoms with E-state index in [0.29, 0.717) is 0 Å². The molecule has 2 nitrogen and oxygen atoms in total. The van der Waals surface area contributed by atoms with E-state index in [1.54, 1.807) is 19.1 Å². The first-order valence-electron chi connectivity index (χ1n) is 5.49. The predicted octanol–water partition coefficient (Wildman–Crippen LogP) is 5.59. The van der Waals surface area contributed by atoms with Crippen molar-refractivity contribution in [2.24, 2.45) is 0 Å². The van der Waals surface area contributed by atoms with Gasteiger partial charge in [0.05, 0.1) is 20.6 Å². The molecule has 0 aliphatic rings. The van der Waals surface area contributed by atoms with Crippen molar-refractivity contribution in [1.29, 1.82) is 0 Å². The Morgan fingerprint density at radius 2 is 1.90 bits per heavy atom. The zero-order valence-electron chi connectivity index (χ0n) is 10.1. The predicted molar refractivity (Wildman–Crippen MR) is 74.6 cm³/mol. The highest BCUT2D eigenvalue weighted by Gasteiger charge is 2.38. The number of alkyl halides is 3. The lowest BCUT2D eigenvalue weighted by Crippen LogP contribution is -2.14. The highest BCUT2D eigenvalue weighted by atomic mass is 35.5. The fraction of sp³-hybridized carbons (Fsp3) is 0.250. The monoisotopic (exact) mass is 342 g/mol. The summed E-state index contributed by atoms with van der Waals surface area (Å²) in [6, 6.07) is 1.33. The largest absolute Gasteiger partial charge is 0.449 e. The molecule has 0 saturated carbocycles. The molecule has 20 heavy (non-hydrogen) atoms. The molecule has 1 aromatic carbocycles. The maximum absolute atomic E-state index is 13.0. The highest BCUT2D eigenvalue weighted by molar-refractivity contribution is 6.50. The normalized spacial score (nSPS) is 12.8. The van der Waals surface area contributed by atoms with Crippen molar-refractivity contribution in [1.82, 2.24) is 9.55 Å². The number of benzene rings is 1. The van der Waals surface area contributed by atoms with Gasteiger partial charge in [0, 0.05) is 6.54 Å². The minimum absolute atomic E-state index is 0.00904. The highest BCUT2D eigenvalue weighted by Crippen LogP contribution is 2.39. The van der Waals surface area contributed by atoms with E-state index in [2.05, 4.69) is 4.98 Å². The van der Waals surface area contributed by atoms with Gasteiger partial charge in [-0.2, -0.15) is 13.2 Å². The molecule has 0 saturated heterocycles. The van der Waals surface area contributed by atoms with Crippen LogP contribution in [0.2, 0.25) is 15.1 Å². The zero-order chi connectivity index (χ0) is 15.1. The van der Waals surface area contributed by atoms with Crippen LogP contribution >= 0.6 is 34.8 Å². The van der Waals surface area contributed by atoms with Crippen molar-refractivity contribution in [3.8, 4) is 0 Å². The number of allylic oxidation sites excluding steroid dienone is 2. The van der Waals surface area contributed by atoms with E-state index in [9.17, 15) is 13.2 Å². The van der Waals surface area contributed by atoms with Gasteiger partial charge in [-0.1, -0.05) is 47.0 Å². The molecule has 0 bridgehead atoms. The molecular formula is C12H8Cl3F3N2. The first-order chi connectivity index (χ1) is 9.27. The number of hydrogen-bond donors (Lipinski definition) is 0. The lowest BCUT2D eigenvalue weighted by molar-refractivity contribution is -0.146. The van der Waals surface area contributed by atoms with Crippen LogP contribution in [0.3, 0.4) is 0 Å². The summed E-state index contributed by atoms with van der Waals surface area (Å²) in [5.41, 5.74) is 0.174. The Kier molecular flexibility index (Phi) is 4.23. The van der Waals surface area contributed by atoms with Crippen LogP contribution in [0.25, 0.3) is 11.0 Å². The van der Waals surface area contributed by atoms with Crippen LogP contribution in [0.5, 0.6) is 0 Å². The molecule has 0 aliphatic heterocycles. The van der Waals surface area contributed by atoms with Crippen LogP contribution < -0.4 is 0 Å². The maximum atomic E-state index is 13.0. The molecule has 0 aliphatic carbocycles. The number of nitrogens with zero attached hydrogens (tertiary/aromatic N) is 2. The first-order valence-corrected chi connectivity index (χ1v) is 6.62. The minimum atomic E-state index is -4.59. The number of halogens is 6. The number of imidazole rings is 1. The van der Waals surface area contributed by atoms with Gasteiger partial charge in [-0.3, -0.25) is 0 Å². The van der Waals surface area contributed by atoms with Gasteiger partial charge in [-0.25, -0.2) is 4.98 Å². The second-order valence-electron chi connectivity index (χ2n) is 3.97. The van der Waals surface area contributed by atoms with E-state index in [-0.39, 0.29) is 32.6 Å². The van der Waals surface area contributed by atoms with Crippen molar-refractivity contribution in [2.75, 3.05) is 0 Å². The van der Waals surface area contributed by atoms with Crippen LogP contribution in [0.4, 0.5) is 13.2 Å². The van der Waals surface area contributed by atoms with Gasteiger partial charge in [-0.15, -0.1) is 0 Å². The Hall–Kier alpha value is -0.910. The van der Waals surface area contributed by atoms with E-state index in [0.717, 1.165) is 4.57 Å². The Balaban J connectivity index is 2.83. The topological polar surface area (TPSA) is 17.8 Å². The minimum Gasteiger partial charge on any atom is -0.316 e. The Morgan fingerprint density at radius 1 is 1.25 bits per heavy atom. The van der Waals surface area contributed by atoms with Gasteiger partial charge in [-0.05, 0) is 13.0 Å². The molecular weight excluding hydrogens is 335 g/mol. The summed E-state index contributed by atoms with van der Waals surface area (Å²) in [4.78, 5) is 3.57. The fourth-order valence-electron chi connectivity index (χ4n) is 1.78. The summed E-state index contributed by atoms with van der Waals surface area (Å²) >= 11 is 17.6. The summed E-state index contributed by atoms with van der Waals surface area (Å²) < 4.78 is 40.1. The van der Waals surface area contributed by atoms with Gasteiger partial charge < -0.3 is 4.57 Å². The summed E-state index contributed by atoms with van der Waals surface area (Å²) in [6.07, 6.45) is -1.37. The molecule has 0 N–H and O–H groups in total. The van der Waals surface area contributed by atoms with Crippen LogP contribution in [0, 0.1) is 0 Å². The van der Waals surface area contributed by atoms with Gasteiger partial charge >= 0.3 is 6.18 Å². The molecule has 0 fully saturated rings. The van der Waals surface area contributed by atoms with Crippen LogP contribution in [-0.2, 0) is 12.7 Å². The van der Waals surface area contributed by atoms with E-state index < -0.39 is 12.0 Å². The second-order valence-corrected chi connectivity index (χ2v) is 5.13. The SMILES string of the molecule is CC=CCn1c(C(F)(F)F)nc2c(Cl)c(Cl)c(Cl)cc21. The molecule has 108 valence electrons. The lowest BCUT2D eigenvalue weighted by atomic mass is 10.3. The van der Waals surface area contributed by atoms with Crippen LogP contribution in [-0.4, -0.2) is 9.55 Å². The van der Waals surface area contributed by atoms with Crippen LogP contribution in [0.1, 0.15) is 12.7 Å². The van der Waals surface area contributed by atoms with E-state index in [1.165, 1.54) is 6.07 Å². The van der Waals surface area contributed by atoms with Gasteiger partial charge in [0.1, 0.15) is 5.52 Å². The lowest BCUT2D eigenvalue weighted by Gasteiger charge is -2.09. The Morgan fingerprint density at radius 3 is 2.45 bits per heavy atom. The van der Waals surface area contributed by atoms with Crippen LogP contribution in [0.15, 0.2) is 18.2 Å². The molecule has 2 rings (SSSR count). The van der Waals surface area contributed by atoms with Gasteiger partial charge in [0.25, 0.3) is 0 Å². The molecule has 0 radical (unpaired) electrons. The first kappa shape index (κ1) is 15.5. The average molecular weight is 344 g/mol. The van der Waals surface area contributed by atoms with Gasteiger partial charge in [0.2, 0.25) is 5.82 Å². The average Bonchev–Trinajstić information content (AvgIpc) is 2.72. The quantitative estimate of drug-likeness (QED) is 0.513. The molecule has 1 heterocycles. The molecule has 2 aromatic rings.